The van der Waals surface area contributed by atoms with Crippen molar-refractivity contribution in [1.29, 1.82) is 0 Å². The number of aliphatic carboxylic acids is 1. The van der Waals surface area contributed by atoms with E-state index in [-0.39, 0.29) is 11.4 Å². The van der Waals surface area contributed by atoms with Crippen molar-refractivity contribution in [2.24, 2.45) is 0 Å². The highest BCUT2D eigenvalue weighted by Crippen LogP contribution is 2.26. The molecule has 0 atom stereocenters. The zero-order valence-corrected chi connectivity index (χ0v) is 13.4. The summed E-state index contributed by atoms with van der Waals surface area (Å²) in [5, 5.41) is 9.74. The van der Waals surface area contributed by atoms with Crippen LogP contribution in [0.25, 0.3) is 10.2 Å². The molecule has 1 aromatic carbocycles. The van der Waals surface area contributed by atoms with Crippen molar-refractivity contribution in [1.82, 2.24) is 9.29 Å². The van der Waals surface area contributed by atoms with E-state index in [9.17, 15) is 13.2 Å². The van der Waals surface area contributed by atoms with Gasteiger partial charge in [0.05, 0.1) is 20.1 Å². The lowest BCUT2D eigenvalue weighted by Crippen LogP contribution is -2.36. The van der Waals surface area contributed by atoms with E-state index in [0.29, 0.717) is 6.42 Å². The van der Waals surface area contributed by atoms with Crippen molar-refractivity contribution in [2.45, 2.75) is 25.2 Å². The van der Waals surface area contributed by atoms with Gasteiger partial charge in [-0.3, -0.25) is 4.79 Å². The Kier molecular flexibility index (Phi) is 4.60. The monoisotopic (exact) mass is 328 g/mol. The van der Waals surface area contributed by atoms with Gasteiger partial charge in [-0.25, -0.2) is 13.4 Å². The van der Waals surface area contributed by atoms with Gasteiger partial charge < -0.3 is 5.11 Å². The molecule has 0 amide bonds. The number of carbonyl (C=O) groups is 1. The minimum atomic E-state index is -3.81. The predicted octanol–water partition coefficient (Wildman–Crippen LogP) is 2.09. The maximum absolute atomic E-state index is 12.6. The lowest BCUT2D eigenvalue weighted by molar-refractivity contribution is -0.137. The first-order chi connectivity index (χ1) is 9.84. The highest BCUT2D eigenvalue weighted by atomic mass is 32.2. The van der Waals surface area contributed by atoms with E-state index in [0.717, 1.165) is 19.5 Å². The third-order valence-electron chi connectivity index (χ3n) is 2.89. The molecule has 6 nitrogen and oxygen atoms in total. The van der Waals surface area contributed by atoms with Crippen LogP contribution in [-0.2, 0) is 14.8 Å². The third-order valence-corrected chi connectivity index (χ3v) is 5.66. The number of carboxylic acid groups (broad SMARTS) is 1. The smallest absolute Gasteiger partial charge is 0.318 e. The number of aryl methyl sites for hydroxylation is 1. The van der Waals surface area contributed by atoms with Gasteiger partial charge in [0.15, 0.2) is 0 Å². The first-order valence-electron chi connectivity index (χ1n) is 6.43. The van der Waals surface area contributed by atoms with Crippen LogP contribution in [-0.4, -0.2) is 41.9 Å². The van der Waals surface area contributed by atoms with E-state index in [4.69, 9.17) is 5.11 Å². The van der Waals surface area contributed by atoms with Crippen LogP contribution in [0.4, 0.5) is 0 Å². The standard InChI is InChI=1S/C13H16N2O4S2/c1-3-6-15(8-13(16)17)21(18,19)10-4-5-11-12(7-10)20-9(2)14-11/h4-5,7H,3,6,8H2,1-2H3,(H,16,17). The van der Waals surface area contributed by atoms with E-state index in [1.54, 1.807) is 19.1 Å². The van der Waals surface area contributed by atoms with Gasteiger partial charge in [0.1, 0.15) is 6.54 Å². The number of nitrogens with zero attached hydrogens (tertiary/aromatic N) is 2. The van der Waals surface area contributed by atoms with Crippen molar-refractivity contribution in [3.63, 3.8) is 0 Å². The predicted molar refractivity (Wildman–Crippen MR) is 81.0 cm³/mol. The molecule has 1 aromatic heterocycles. The van der Waals surface area contributed by atoms with E-state index < -0.39 is 22.5 Å². The molecule has 0 spiro atoms. The van der Waals surface area contributed by atoms with Crippen molar-refractivity contribution in [3.05, 3.63) is 23.2 Å². The minimum absolute atomic E-state index is 0.105. The van der Waals surface area contributed by atoms with Crippen molar-refractivity contribution in [2.75, 3.05) is 13.1 Å². The number of thiazole rings is 1. The maximum Gasteiger partial charge on any atom is 0.318 e. The van der Waals surface area contributed by atoms with Crippen LogP contribution >= 0.6 is 11.3 Å². The lowest BCUT2D eigenvalue weighted by Gasteiger charge is -2.19. The van der Waals surface area contributed by atoms with Gasteiger partial charge in [0, 0.05) is 6.54 Å². The average Bonchev–Trinajstić information content (AvgIpc) is 2.76. The molecule has 0 saturated heterocycles. The number of aromatic nitrogens is 1. The van der Waals surface area contributed by atoms with E-state index in [1.165, 1.54) is 17.4 Å². The molecule has 2 aromatic rings. The fourth-order valence-electron chi connectivity index (χ4n) is 2.01. The second-order valence-corrected chi connectivity index (χ2v) is 7.77. The van der Waals surface area contributed by atoms with Crippen LogP contribution in [0.2, 0.25) is 0 Å². The van der Waals surface area contributed by atoms with Gasteiger partial charge in [-0.1, -0.05) is 6.92 Å². The lowest BCUT2D eigenvalue weighted by atomic mass is 10.3. The normalized spacial score (nSPS) is 12.1. The average molecular weight is 328 g/mol. The Labute approximate surface area is 127 Å². The molecule has 0 radical (unpaired) electrons. The zero-order chi connectivity index (χ0) is 15.6. The number of benzene rings is 1. The Morgan fingerprint density at radius 1 is 1.43 bits per heavy atom. The molecule has 0 aliphatic heterocycles. The Hall–Kier alpha value is -1.51. The summed E-state index contributed by atoms with van der Waals surface area (Å²) in [7, 11) is -3.81. The minimum Gasteiger partial charge on any atom is -0.480 e. The maximum atomic E-state index is 12.6. The molecular formula is C13H16N2O4S2. The molecule has 0 aliphatic carbocycles. The highest BCUT2D eigenvalue weighted by Gasteiger charge is 2.26. The largest absolute Gasteiger partial charge is 0.480 e. The number of hydrogen-bond donors (Lipinski definition) is 1. The van der Waals surface area contributed by atoms with Crippen LogP contribution in [0.5, 0.6) is 0 Å². The second kappa shape index (κ2) is 6.08. The molecule has 1 heterocycles. The van der Waals surface area contributed by atoms with Crippen LogP contribution < -0.4 is 0 Å². The van der Waals surface area contributed by atoms with Crippen LogP contribution in [0.15, 0.2) is 23.1 Å². The molecule has 8 heteroatoms. The van der Waals surface area contributed by atoms with Gasteiger partial charge in [-0.15, -0.1) is 11.3 Å². The summed E-state index contributed by atoms with van der Waals surface area (Å²) in [5.41, 5.74) is 0.747. The van der Waals surface area contributed by atoms with Crippen LogP contribution in [0.3, 0.4) is 0 Å². The second-order valence-electron chi connectivity index (χ2n) is 4.59. The third kappa shape index (κ3) is 3.39. The Morgan fingerprint density at radius 2 is 2.14 bits per heavy atom. The number of hydrogen-bond acceptors (Lipinski definition) is 5. The first-order valence-corrected chi connectivity index (χ1v) is 8.69. The Morgan fingerprint density at radius 3 is 2.76 bits per heavy atom. The quantitative estimate of drug-likeness (QED) is 0.877. The molecular weight excluding hydrogens is 312 g/mol. The van der Waals surface area contributed by atoms with Gasteiger partial charge in [0.2, 0.25) is 10.0 Å². The number of fused-ring (bicyclic) bond motifs is 1. The molecule has 114 valence electrons. The number of carboxylic acids is 1. The molecule has 0 aliphatic rings. The molecule has 0 saturated carbocycles. The summed E-state index contributed by atoms with van der Waals surface area (Å²) in [5.74, 6) is -1.17. The number of rotatable bonds is 6. The van der Waals surface area contributed by atoms with E-state index >= 15 is 0 Å². The topological polar surface area (TPSA) is 87.6 Å². The summed E-state index contributed by atoms with van der Waals surface area (Å²) in [6.45, 7) is 3.30. The molecule has 21 heavy (non-hydrogen) atoms. The van der Waals surface area contributed by atoms with E-state index in [2.05, 4.69) is 4.98 Å². The Balaban J connectivity index is 2.44. The Bertz CT molecular complexity index is 768. The molecule has 2 rings (SSSR count). The van der Waals surface area contributed by atoms with Crippen LogP contribution in [0.1, 0.15) is 18.4 Å². The van der Waals surface area contributed by atoms with Gasteiger partial charge in [-0.2, -0.15) is 4.31 Å². The summed E-state index contributed by atoms with van der Waals surface area (Å²) in [6.07, 6.45) is 0.550. The SMILES string of the molecule is CCCN(CC(=O)O)S(=O)(=O)c1ccc2nc(C)sc2c1. The van der Waals surface area contributed by atoms with Crippen LogP contribution in [0, 0.1) is 6.92 Å². The van der Waals surface area contributed by atoms with Gasteiger partial charge >= 0.3 is 5.97 Å². The van der Waals surface area contributed by atoms with Gasteiger partial charge in [0.25, 0.3) is 0 Å². The summed E-state index contributed by atoms with van der Waals surface area (Å²) in [4.78, 5) is 15.3. The number of sulfonamides is 1. The zero-order valence-electron chi connectivity index (χ0n) is 11.7. The van der Waals surface area contributed by atoms with Gasteiger partial charge in [-0.05, 0) is 31.5 Å². The first kappa shape index (κ1) is 15.9. The summed E-state index contributed by atoms with van der Waals surface area (Å²) in [6, 6.07) is 4.68. The van der Waals surface area contributed by atoms with E-state index in [1.807, 2.05) is 6.92 Å². The van der Waals surface area contributed by atoms with Crippen molar-refractivity contribution >= 4 is 37.5 Å². The molecule has 0 bridgehead atoms. The summed E-state index contributed by atoms with van der Waals surface area (Å²) < 4.78 is 26.9. The molecule has 0 fully saturated rings. The fraction of sp³-hybridized carbons (Fsp3) is 0.385. The fourth-order valence-corrected chi connectivity index (χ4v) is 4.46. The molecule has 1 N–H and O–H groups in total. The summed E-state index contributed by atoms with van der Waals surface area (Å²) >= 11 is 1.41. The highest BCUT2D eigenvalue weighted by molar-refractivity contribution is 7.89. The van der Waals surface area contributed by atoms with Crippen molar-refractivity contribution < 1.29 is 18.3 Å². The van der Waals surface area contributed by atoms with Crippen molar-refractivity contribution in [3.8, 4) is 0 Å². The molecule has 0 unspecified atom stereocenters.